The van der Waals surface area contributed by atoms with Crippen LogP contribution in [0.4, 0.5) is 0 Å². The first-order valence-corrected chi connectivity index (χ1v) is 22.5. The Kier molecular flexibility index (Phi) is 11.7. The molecule has 1 saturated carbocycles. The van der Waals surface area contributed by atoms with Gasteiger partial charge in [0.1, 0.15) is 5.75 Å². The molecular weight excluding hydrogens is 557 g/mol. The van der Waals surface area contributed by atoms with Gasteiger partial charge in [-0.1, -0.05) is 79.9 Å². The number of carboxylic acids is 1. The van der Waals surface area contributed by atoms with Gasteiger partial charge in [-0.3, -0.25) is 0 Å². The Labute approximate surface area is 259 Å². The van der Waals surface area contributed by atoms with Gasteiger partial charge in [-0.25, -0.2) is 4.79 Å². The number of carbonyl (C=O) groups is 1. The van der Waals surface area contributed by atoms with E-state index in [4.69, 9.17) is 13.6 Å². The normalized spacial score (nSPS) is 23.8. The summed E-state index contributed by atoms with van der Waals surface area (Å²) in [6, 6.07) is 6.20. The smallest absolute Gasteiger partial charge is 0.341 e. The molecule has 0 spiro atoms. The SMILES string of the molecule is CCCCC[C@@H](CC[C@H]1C(O[Si](C)(C)C(C)(C)C)C[C@@H]2Cc3c(cccc3OCC(=O)O)C[C@@H]21)O[Si](C)(C)C(C)(C)C. The second kappa shape index (κ2) is 13.9. The van der Waals surface area contributed by atoms with Crippen molar-refractivity contribution in [3.8, 4) is 5.75 Å². The fourth-order valence-corrected chi connectivity index (χ4v) is 9.40. The summed E-state index contributed by atoms with van der Waals surface area (Å²) in [5, 5.41) is 9.58. The average molecular weight is 619 g/mol. The third-order valence-corrected chi connectivity index (χ3v) is 20.2. The molecular formula is C35H62O5Si2. The summed E-state index contributed by atoms with van der Waals surface area (Å²) in [6.45, 7) is 25.6. The van der Waals surface area contributed by atoms with Crippen LogP contribution >= 0.6 is 0 Å². The molecule has 7 heteroatoms. The van der Waals surface area contributed by atoms with E-state index >= 15 is 0 Å². The molecule has 0 radical (unpaired) electrons. The van der Waals surface area contributed by atoms with Crippen LogP contribution in [-0.4, -0.2) is 46.5 Å². The van der Waals surface area contributed by atoms with E-state index in [1.165, 1.54) is 30.4 Å². The number of rotatable bonds is 14. The number of carboxylic acid groups (broad SMARTS) is 1. The Morgan fingerprint density at radius 1 is 0.976 bits per heavy atom. The van der Waals surface area contributed by atoms with Crippen LogP contribution in [0.25, 0.3) is 0 Å². The maximum Gasteiger partial charge on any atom is 0.341 e. The zero-order valence-electron chi connectivity index (χ0n) is 28.8. The molecule has 0 bridgehead atoms. The van der Waals surface area contributed by atoms with E-state index in [2.05, 4.69) is 80.7 Å². The summed E-state index contributed by atoms with van der Waals surface area (Å²) in [6.07, 6.45) is 10.8. The van der Waals surface area contributed by atoms with Crippen LogP contribution < -0.4 is 4.74 Å². The van der Waals surface area contributed by atoms with Crippen LogP contribution in [-0.2, 0) is 26.5 Å². The number of aliphatic carboxylic acids is 1. The van der Waals surface area contributed by atoms with Crippen molar-refractivity contribution in [2.45, 2.75) is 155 Å². The van der Waals surface area contributed by atoms with Gasteiger partial charge in [-0.15, -0.1) is 0 Å². The fraction of sp³-hybridized carbons (Fsp3) is 0.800. The van der Waals surface area contributed by atoms with Crippen LogP contribution in [0, 0.1) is 17.8 Å². The minimum atomic E-state index is -1.95. The monoisotopic (exact) mass is 618 g/mol. The number of hydrogen-bond donors (Lipinski definition) is 1. The summed E-state index contributed by atoms with van der Waals surface area (Å²) < 4.78 is 20.1. The molecule has 1 fully saturated rings. The Morgan fingerprint density at radius 3 is 2.24 bits per heavy atom. The largest absolute Gasteiger partial charge is 0.482 e. The van der Waals surface area contributed by atoms with E-state index < -0.39 is 22.6 Å². The molecule has 1 unspecified atom stereocenters. The molecule has 0 saturated heterocycles. The van der Waals surface area contributed by atoms with Gasteiger partial charge in [0.25, 0.3) is 0 Å². The highest BCUT2D eigenvalue weighted by atomic mass is 28.4. The van der Waals surface area contributed by atoms with Crippen LogP contribution in [0.15, 0.2) is 18.2 Å². The third-order valence-electron chi connectivity index (χ3n) is 11.1. The Bertz CT molecular complexity index is 1040. The van der Waals surface area contributed by atoms with E-state index in [9.17, 15) is 9.90 Å². The second-order valence-electron chi connectivity index (χ2n) is 16.3. The fourth-order valence-electron chi connectivity index (χ4n) is 6.60. The third kappa shape index (κ3) is 8.73. The van der Waals surface area contributed by atoms with E-state index in [0.717, 1.165) is 44.3 Å². The number of hydrogen-bond acceptors (Lipinski definition) is 4. The van der Waals surface area contributed by atoms with Crippen molar-refractivity contribution in [2.75, 3.05) is 6.61 Å². The summed E-state index contributed by atoms with van der Waals surface area (Å²) in [7, 11) is -3.82. The summed E-state index contributed by atoms with van der Waals surface area (Å²) in [4.78, 5) is 11.2. The minimum Gasteiger partial charge on any atom is -0.482 e. The molecule has 0 aliphatic heterocycles. The zero-order chi connectivity index (χ0) is 31.5. The molecule has 0 aromatic heterocycles. The van der Waals surface area contributed by atoms with Crippen molar-refractivity contribution in [3.05, 3.63) is 29.3 Å². The number of ether oxygens (including phenoxy) is 1. The Morgan fingerprint density at radius 2 is 1.64 bits per heavy atom. The maximum atomic E-state index is 11.2. The van der Waals surface area contributed by atoms with Crippen molar-refractivity contribution in [3.63, 3.8) is 0 Å². The molecule has 2 aliphatic carbocycles. The van der Waals surface area contributed by atoms with E-state index in [1.54, 1.807) is 0 Å². The first-order chi connectivity index (χ1) is 19.4. The quantitative estimate of drug-likeness (QED) is 0.166. The molecule has 3 rings (SSSR count). The molecule has 2 aliphatic rings. The molecule has 1 aromatic carbocycles. The van der Waals surface area contributed by atoms with Crippen molar-refractivity contribution in [1.82, 2.24) is 0 Å². The van der Waals surface area contributed by atoms with Gasteiger partial charge in [0.2, 0.25) is 0 Å². The lowest BCUT2D eigenvalue weighted by Gasteiger charge is -2.42. The number of benzene rings is 1. The number of unbranched alkanes of at least 4 members (excludes halogenated alkanes) is 2. The summed E-state index contributed by atoms with van der Waals surface area (Å²) in [5.74, 6) is 1.44. The van der Waals surface area contributed by atoms with E-state index in [1.807, 2.05) is 12.1 Å². The first-order valence-electron chi connectivity index (χ1n) is 16.7. The number of fused-ring (bicyclic) bond motifs is 2. The van der Waals surface area contributed by atoms with Gasteiger partial charge >= 0.3 is 5.97 Å². The van der Waals surface area contributed by atoms with Gasteiger partial charge in [0.05, 0.1) is 0 Å². The first kappa shape index (κ1) is 35.3. The molecule has 1 aromatic rings. The zero-order valence-corrected chi connectivity index (χ0v) is 30.8. The predicted octanol–water partition coefficient (Wildman–Crippen LogP) is 9.64. The van der Waals surface area contributed by atoms with Gasteiger partial charge < -0.3 is 18.7 Å². The predicted molar refractivity (Wildman–Crippen MR) is 180 cm³/mol. The van der Waals surface area contributed by atoms with Crippen molar-refractivity contribution in [1.29, 1.82) is 0 Å². The molecule has 0 amide bonds. The van der Waals surface area contributed by atoms with Crippen molar-refractivity contribution in [2.24, 2.45) is 17.8 Å². The van der Waals surface area contributed by atoms with Gasteiger partial charge in [-0.2, -0.15) is 0 Å². The van der Waals surface area contributed by atoms with Crippen LogP contribution in [0.2, 0.25) is 36.3 Å². The lowest BCUT2D eigenvalue weighted by molar-refractivity contribution is -0.139. The maximum absolute atomic E-state index is 11.2. The second-order valence-corrected chi connectivity index (χ2v) is 25.8. The van der Waals surface area contributed by atoms with Gasteiger partial charge in [-0.05, 0) is 110 Å². The van der Waals surface area contributed by atoms with Gasteiger partial charge in [0, 0.05) is 12.2 Å². The average Bonchev–Trinajstić information content (AvgIpc) is 3.18. The van der Waals surface area contributed by atoms with Crippen molar-refractivity contribution >= 4 is 22.6 Å². The molecule has 240 valence electrons. The highest BCUT2D eigenvalue weighted by Gasteiger charge is 2.50. The molecule has 1 N–H and O–H groups in total. The molecule has 0 heterocycles. The highest BCUT2D eigenvalue weighted by molar-refractivity contribution is 6.74. The standard InChI is InChI=1S/C35H62O5Si2/c1-12-13-14-17-27(39-41(8,9)34(2,3)4)19-20-28-29-21-25-16-15-18-31(38-24-33(36)37)30(25)22-26(29)23-32(28)40-42(10,11)35(5,6)7/h15-16,18,26-29,32H,12-14,17,19-24H2,1-11H3,(H,36,37)/t26-,27-,28+,29-,32?/m0/s1. The lowest BCUT2D eigenvalue weighted by atomic mass is 9.73. The molecule has 5 nitrogen and oxygen atoms in total. The molecule has 42 heavy (non-hydrogen) atoms. The highest BCUT2D eigenvalue weighted by Crippen LogP contribution is 2.52. The summed E-state index contributed by atoms with van der Waals surface area (Å²) >= 11 is 0. The van der Waals surface area contributed by atoms with Gasteiger partial charge in [0.15, 0.2) is 23.2 Å². The van der Waals surface area contributed by atoms with E-state index in [0.29, 0.717) is 23.9 Å². The van der Waals surface area contributed by atoms with Crippen LogP contribution in [0.5, 0.6) is 5.75 Å². The van der Waals surface area contributed by atoms with Crippen LogP contribution in [0.1, 0.15) is 105 Å². The molecule has 5 atom stereocenters. The van der Waals surface area contributed by atoms with Crippen molar-refractivity contribution < 1.29 is 23.5 Å². The Hall–Kier alpha value is -1.16. The topological polar surface area (TPSA) is 65.0 Å². The van der Waals surface area contributed by atoms with Crippen LogP contribution in [0.3, 0.4) is 0 Å². The summed E-state index contributed by atoms with van der Waals surface area (Å²) in [5.41, 5.74) is 2.54. The lowest BCUT2D eigenvalue weighted by Crippen LogP contribution is -2.46. The van der Waals surface area contributed by atoms with E-state index in [-0.39, 0.29) is 22.8 Å². The Balaban J connectivity index is 1.87. The minimum absolute atomic E-state index is 0.167.